The fourth-order valence-corrected chi connectivity index (χ4v) is 1.54. The second-order valence-corrected chi connectivity index (χ2v) is 5.00. The second-order valence-electron chi connectivity index (χ2n) is 5.00. The minimum absolute atomic E-state index is 0.00284. The van der Waals surface area contributed by atoms with Gasteiger partial charge >= 0.3 is 0 Å². The minimum Gasteiger partial charge on any atom is -0.733 e. The zero-order valence-corrected chi connectivity index (χ0v) is 11.6. The van der Waals surface area contributed by atoms with Crippen LogP contribution < -0.4 is 16.3 Å². The maximum Gasteiger partial charge on any atom is 0.252 e. The lowest BCUT2D eigenvalue weighted by Crippen LogP contribution is -2.58. The molecule has 0 fully saturated rings. The highest BCUT2D eigenvalue weighted by molar-refractivity contribution is 5.99. The molecule has 1 atom stereocenters. The van der Waals surface area contributed by atoms with Gasteiger partial charge in [0.05, 0.1) is 5.69 Å². The van der Waals surface area contributed by atoms with Crippen molar-refractivity contribution in [3.05, 3.63) is 35.0 Å². The van der Waals surface area contributed by atoms with Crippen LogP contribution in [0.5, 0.6) is 0 Å². The average Bonchev–Trinajstić information content (AvgIpc) is 2.38. The number of amides is 2. The summed E-state index contributed by atoms with van der Waals surface area (Å²) in [7, 11) is 0. The molecule has 1 aromatic carbocycles. The topological polar surface area (TPSA) is 119 Å². The van der Waals surface area contributed by atoms with Gasteiger partial charge in [0.15, 0.2) is 0 Å². The molecule has 1 rings (SSSR count). The SMILES string of the molecule is CC(C)[C@@](C)(NC(=O)c1ccc(N([O-])O)cc1)C(N)=O. The molecule has 7 heteroatoms. The molecule has 0 bridgehead atoms. The number of nitrogens with two attached hydrogens (primary N) is 1. The first-order chi connectivity index (χ1) is 9.18. The van der Waals surface area contributed by atoms with E-state index in [1.165, 1.54) is 24.3 Å². The van der Waals surface area contributed by atoms with Crippen molar-refractivity contribution in [1.82, 2.24) is 5.32 Å². The number of primary amides is 1. The molecule has 0 spiro atoms. The summed E-state index contributed by atoms with van der Waals surface area (Å²) in [5.41, 5.74) is 4.41. The van der Waals surface area contributed by atoms with E-state index in [-0.39, 0.29) is 22.4 Å². The number of carbonyl (C=O) groups is 2. The second kappa shape index (κ2) is 5.89. The Labute approximate surface area is 116 Å². The molecule has 0 aromatic heterocycles. The van der Waals surface area contributed by atoms with Crippen LogP contribution in [0.2, 0.25) is 0 Å². The number of nitrogens with zero attached hydrogens (tertiary/aromatic N) is 1. The monoisotopic (exact) mass is 280 g/mol. The number of rotatable bonds is 5. The van der Waals surface area contributed by atoms with Crippen molar-refractivity contribution in [3.8, 4) is 0 Å². The van der Waals surface area contributed by atoms with E-state index in [0.717, 1.165) is 0 Å². The standard InChI is InChI=1S/C13H18N3O4/c1-8(2)13(3,12(14)18)15-11(17)9-4-6-10(7-5-9)16(19)20/h4-8,19H,1-3H3,(H2,14,18)(H,15,17)/q-1/t13-/m1/s1. The van der Waals surface area contributed by atoms with Crippen molar-refractivity contribution in [3.63, 3.8) is 0 Å². The molecule has 7 nitrogen and oxygen atoms in total. The summed E-state index contributed by atoms with van der Waals surface area (Å²) in [6.07, 6.45) is 0. The minimum atomic E-state index is -1.17. The molecule has 0 aliphatic heterocycles. The molecule has 1 aromatic rings. The third kappa shape index (κ3) is 3.25. The smallest absolute Gasteiger partial charge is 0.252 e. The Bertz CT molecular complexity index is 499. The van der Waals surface area contributed by atoms with Crippen LogP contribution in [-0.4, -0.2) is 22.6 Å². The molecule has 0 saturated heterocycles. The number of nitrogens with one attached hydrogen (secondary N) is 1. The Hall–Kier alpha value is -2.12. The number of benzene rings is 1. The lowest BCUT2D eigenvalue weighted by atomic mass is 9.87. The van der Waals surface area contributed by atoms with Gasteiger partial charge in [0, 0.05) is 5.56 Å². The van der Waals surface area contributed by atoms with E-state index in [1.807, 2.05) is 0 Å². The van der Waals surface area contributed by atoms with Crippen LogP contribution >= 0.6 is 0 Å². The summed E-state index contributed by atoms with van der Waals surface area (Å²) < 4.78 is 0. The van der Waals surface area contributed by atoms with E-state index in [0.29, 0.717) is 0 Å². The van der Waals surface area contributed by atoms with Crippen LogP contribution in [0.15, 0.2) is 24.3 Å². The molecule has 110 valence electrons. The van der Waals surface area contributed by atoms with Crippen molar-refractivity contribution in [2.75, 3.05) is 5.23 Å². The first-order valence-corrected chi connectivity index (χ1v) is 6.07. The van der Waals surface area contributed by atoms with Gasteiger partial charge in [-0.15, -0.1) is 0 Å². The summed E-state index contributed by atoms with van der Waals surface area (Å²) in [6.45, 7) is 5.10. The van der Waals surface area contributed by atoms with E-state index in [1.54, 1.807) is 20.8 Å². The predicted octanol–water partition coefficient (Wildman–Crippen LogP) is 1.01. The third-order valence-corrected chi connectivity index (χ3v) is 3.39. The maximum atomic E-state index is 12.1. The molecule has 4 N–H and O–H groups in total. The van der Waals surface area contributed by atoms with Gasteiger partial charge in [0.1, 0.15) is 5.54 Å². The van der Waals surface area contributed by atoms with Gasteiger partial charge in [-0.1, -0.05) is 13.8 Å². The van der Waals surface area contributed by atoms with Gasteiger partial charge in [0.25, 0.3) is 5.91 Å². The van der Waals surface area contributed by atoms with Crippen LogP contribution in [0, 0.1) is 11.1 Å². The number of carbonyl (C=O) groups excluding carboxylic acids is 2. The number of hydrogen-bond acceptors (Lipinski definition) is 5. The zero-order chi connectivity index (χ0) is 15.5. The maximum absolute atomic E-state index is 12.1. The van der Waals surface area contributed by atoms with E-state index >= 15 is 0 Å². The average molecular weight is 280 g/mol. The Balaban J connectivity index is 2.93. The van der Waals surface area contributed by atoms with Crippen LogP contribution in [0.3, 0.4) is 0 Å². The fraction of sp³-hybridized carbons (Fsp3) is 0.385. The Morgan fingerprint density at radius 1 is 1.35 bits per heavy atom. The number of anilines is 1. The van der Waals surface area contributed by atoms with Gasteiger partial charge in [-0.2, -0.15) is 0 Å². The Morgan fingerprint density at radius 2 is 1.85 bits per heavy atom. The van der Waals surface area contributed by atoms with Crippen LogP contribution in [-0.2, 0) is 4.79 Å². The highest BCUT2D eigenvalue weighted by Crippen LogP contribution is 2.18. The summed E-state index contributed by atoms with van der Waals surface area (Å²) in [4.78, 5) is 23.6. The molecule has 0 saturated carbocycles. The molecule has 0 aliphatic carbocycles. The van der Waals surface area contributed by atoms with Crippen molar-refractivity contribution >= 4 is 17.5 Å². The number of hydrogen-bond donors (Lipinski definition) is 3. The molecule has 0 unspecified atom stereocenters. The summed E-state index contributed by atoms with van der Waals surface area (Å²) >= 11 is 0. The highest BCUT2D eigenvalue weighted by atomic mass is 16.8. The van der Waals surface area contributed by atoms with Gasteiger partial charge < -0.3 is 21.5 Å². The lowest BCUT2D eigenvalue weighted by Gasteiger charge is -2.31. The van der Waals surface area contributed by atoms with E-state index < -0.39 is 17.4 Å². The highest BCUT2D eigenvalue weighted by Gasteiger charge is 2.36. The van der Waals surface area contributed by atoms with Crippen LogP contribution in [0.4, 0.5) is 5.69 Å². The van der Waals surface area contributed by atoms with E-state index in [4.69, 9.17) is 10.9 Å². The van der Waals surface area contributed by atoms with Crippen molar-refractivity contribution in [2.24, 2.45) is 11.7 Å². The third-order valence-electron chi connectivity index (χ3n) is 3.39. The zero-order valence-electron chi connectivity index (χ0n) is 11.6. The van der Waals surface area contributed by atoms with E-state index in [9.17, 15) is 14.8 Å². The summed E-state index contributed by atoms with van der Waals surface area (Å²) in [6, 6.07) is 5.32. The van der Waals surface area contributed by atoms with E-state index in [2.05, 4.69) is 5.32 Å². The molecule has 0 aliphatic rings. The van der Waals surface area contributed by atoms with Crippen molar-refractivity contribution < 1.29 is 14.8 Å². The first kappa shape index (κ1) is 15.9. The largest absolute Gasteiger partial charge is 0.733 e. The predicted molar refractivity (Wildman–Crippen MR) is 74.0 cm³/mol. The normalized spacial score (nSPS) is 13.7. The quantitative estimate of drug-likeness (QED) is 0.695. The van der Waals surface area contributed by atoms with Crippen molar-refractivity contribution in [2.45, 2.75) is 26.3 Å². The van der Waals surface area contributed by atoms with Gasteiger partial charge in [-0.05, 0) is 37.1 Å². The van der Waals surface area contributed by atoms with Gasteiger partial charge in [-0.3, -0.25) is 14.8 Å². The summed E-state index contributed by atoms with van der Waals surface area (Å²) in [5.74, 6) is -1.29. The van der Waals surface area contributed by atoms with Gasteiger partial charge in [0.2, 0.25) is 5.91 Å². The molecular formula is C13H18N3O4-. The molecule has 2 amide bonds. The molecule has 20 heavy (non-hydrogen) atoms. The molecular weight excluding hydrogens is 262 g/mol. The summed E-state index contributed by atoms with van der Waals surface area (Å²) in [5, 5.41) is 21.6. The van der Waals surface area contributed by atoms with Gasteiger partial charge in [-0.25, -0.2) is 0 Å². The Kier molecular flexibility index (Phi) is 4.69. The molecule has 0 heterocycles. The first-order valence-electron chi connectivity index (χ1n) is 6.07. The van der Waals surface area contributed by atoms with Crippen LogP contribution in [0.1, 0.15) is 31.1 Å². The van der Waals surface area contributed by atoms with Crippen LogP contribution in [0.25, 0.3) is 0 Å². The lowest BCUT2D eigenvalue weighted by molar-refractivity contribution is -0.125. The molecule has 0 radical (unpaired) electrons. The fourth-order valence-electron chi connectivity index (χ4n) is 1.54. The Morgan fingerprint density at radius 3 is 2.20 bits per heavy atom. The van der Waals surface area contributed by atoms with Crippen molar-refractivity contribution in [1.29, 1.82) is 0 Å².